The van der Waals surface area contributed by atoms with Gasteiger partial charge in [0.15, 0.2) is 0 Å². The fraction of sp³-hybridized carbons (Fsp3) is 0.391. The lowest BCUT2D eigenvalue weighted by atomic mass is 10.1. The molecule has 0 unspecified atom stereocenters. The zero-order chi connectivity index (χ0) is 20.7. The third-order valence-electron chi connectivity index (χ3n) is 4.17. The van der Waals surface area contributed by atoms with Crippen LogP contribution in [0, 0.1) is 11.7 Å². The van der Waals surface area contributed by atoms with Gasteiger partial charge < -0.3 is 10.2 Å². The van der Waals surface area contributed by atoms with Crippen molar-refractivity contribution in [3.8, 4) is 0 Å². The van der Waals surface area contributed by atoms with Gasteiger partial charge in [-0.25, -0.2) is 4.39 Å². The minimum absolute atomic E-state index is 0.00288. The Bertz CT molecular complexity index is 801. The first-order valence-corrected chi connectivity index (χ1v) is 9.67. The largest absolute Gasteiger partial charge is 0.354 e. The molecule has 0 aliphatic heterocycles. The van der Waals surface area contributed by atoms with E-state index in [0.29, 0.717) is 13.0 Å². The van der Waals surface area contributed by atoms with Gasteiger partial charge in [-0.2, -0.15) is 0 Å². The molecular weight excluding hydrogens is 355 g/mol. The van der Waals surface area contributed by atoms with E-state index in [-0.39, 0.29) is 36.0 Å². The quantitative estimate of drug-likeness (QED) is 0.730. The summed E-state index contributed by atoms with van der Waals surface area (Å²) in [6, 6.07) is 13.7. The van der Waals surface area contributed by atoms with Gasteiger partial charge in [0.1, 0.15) is 5.82 Å². The molecule has 0 aromatic heterocycles. The van der Waals surface area contributed by atoms with E-state index in [1.165, 1.54) is 12.1 Å². The maximum atomic E-state index is 13.2. The topological polar surface area (TPSA) is 49.4 Å². The van der Waals surface area contributed by atoms with E-state index < -0.39 is 0 Å². The predicted molar refractivity (Wildman–Crippen MR) is 110 cm³/mol. The lowest BCUT2D eigenvalue weighted by Crippen LogP contribution is -2.32. The van der Waals surface area contributed by atoms with Gasteiger partial charge in [-0.05, 0) is 55.2 Å². The van der Waals surface area contributed by atoms with Gasteiger partial charge in [0.05, 0.1) is 13.0 Å². The van der Waals surface area contributed by atoms with Gasteiger partial charge in [0.2, 0.25) is 11.8 Å². The van der Waals surface area contributed by atoms with Crippen LogP contribution in [0.4, 0.5) is 10.1 Å². The number of hydrogen-bond donors (Lipinski definition) is 1. The predicted octanol–water partition coefficient (Wildman–Crippen LogP) is 4.47. The van der Waals surface area contributed by atoms with Crippen molar-refractivity contribution < 1.29 is 14.0 Å². The number of anilines is 1. The van der Waals surface area contributed by atoms with Crippen molar-refractivity contribution in [2.45, 2.75) is 53.1 Å². The van der Waals surface area contributed by atoms with Crippen LogP contribution in [-0.2, 0) is 22.6 Å². The fourth-order valence-corrected chi connectivity index (χ4v) is 2.95. The Labute approximate surface area is 166 Å². The molecule has 2 amide bonds. The molecule has 2 aromatic carbocycles. The molecule has 0 fully saturated rings. The molecule has 0 atom stereocenters. The minimum Gasteiger partial charge on any atom is -0.354 e. The lowest BCUT2D eigenvalue weighted by molar-refractivity contribution is -0.121. The first-order valence-electron chi connectivity index (χ1n) is 9.67. The summed E-state index contributed by atoms with van der Waals surface area (Å²) in [5.41, 5.74) is 2.43. The van der Waals surface area contributed by atoms with E-state index >= 15 is 0 Å². The average Bonchev–Trinajstić information content (AvgIpc) is 2.60. The van der Waals surface area contributed by atoms with Crippen LogP contribution in [0.2, 0.25) is 0 Å². The smallest absolute Gasteiger partial charge is 0.227 e. The molecule has 2 aromatic rings. The van der Waals surface area contributed by atoms with Crippen LogP contribution in [0.25, 0.3) is 0 Å². The molecule has 5 heteroatoms. The summed E-state index contributed by atoms with van der Waals surface area (Å²) in [4.78, 5) is 26.7. The van der Waals surface area contributed by atoms with Gasteiger partial charge in [-0.1, -0.05) is 38.1 Å². The second kappa shape index (κ2) is 10.0. The monoisotopic (exact) mass is 384 g/mol. The van der Waals surface area contributed by atoms with Gasteiger partial charge in [0, 0.05) is 18.2 Å². The summed E-state index contributed by atoms with van der Waals surface area (Å²) in [6.45, 7) is 8.20. The van der Waals surface area contributed by atoms with Crippen LogP contribution in [0.15, 0.2) is 48.5 Å². The van der Waals surface area contributed by atoms with Gasteiger partial charge in [-0.15, -0.1) is 0 Å². The van der Waals surface area contributed by atoms with Crippen LogP contribution >= 0.6 is 0 Å². The number of carbonyl (C=O) groups is 2. The van der Waals surface area contributed by atoms with E-state index in [0.717, 1.165) is 16.8 Å². The molecule has 2 rings (SSSR count). The molecule has 0 radical (unpaired) electrons. The summed E-state index contributed by atoms with van der Waals surface area (Å²) in [7, 11) is 0. The summed E-state index contributed by atoms with van der Waals surface area (Å²) < 4.78 is 13.2. The number of halogens is 1. The SMILES string of the molecule is CC(C)CC(=O)N(Cc1ccc(F)cc1)c1cccc(CC(=O)NC(C)C)c1. The Morgan fingerprint density at radius 1 is 1.00 bits per heavy atom. The van der Waals surface area contributed by atoms with Gasteiger partial charge in [-0.3, -0.25) is 9.59 Å². The summed E-state index contributed by atoms with van der Waals surface area (Å²) in [5, 5.41) is 2.88. The van der Waals surface area contributed by atoms with Crippen molar-refractivity contribution in [2.24, 2.45) is 5.92 Å². The van der Waals surface area contributed by atoms with Crippen molar-refractivity contribution in [1.82, 2.24) is 5.32 Å². The number of amides is 2. The molecular formula is C23H29FN2O2. The highest BCUT2D eigenvalue weighted by Crippen LogP contribution is 2.22. The van der Waals surface area contributed by atoms with Crippen LogP contribution in [0.3, 0.4) is 0 Å². The van der Waals surface area contributed by atoms with Gasteiger partial charge in [0.25, 0.3) is 0 Å². The van der Waals surface area contributed by atoms with Crippen molar-refractivity contribution in [1.29, 1.82) is 0 Å². The maximum Gasteiger partial charge on any atom is 0.227 e. The highest BCUT2D eigenvalue weighted by molar-refractivity contribution is 5.93. The number of rotatable bonds is 8. The maximum absolute atomic E-state index is 13.2. The second-order valence-electron chi connectivity index (χ2n) is 7.77. The standard InChI is InChI=1S/C23H29FN2O2/c1-16(2)12-23(28)26(15-18-8-10-20(24)11-9-18)21-7-5-6-19(13-21)14-22(27)25-17(3)4/h5-11,13,16-17H,12,14-15H2,1-4H3,(H,25,27). The minimum atomic E-state index is -0.304. The molecule has 28 heavy (non-hydrogen) atoms. The van der Waals surface area contributed by atoms with E-state index in [4.69, 9.17) is 0 Å². The molecule has 4 nitrogen and oxygen atoms in total. The molecule has 0 bridgehead atoms. The molecule has 0 saturated heterocycles. The van der Waals surface area contributed by atoms with Crippen molar-refractivity contribution >= 4 is 17.5 Å². The first kappa shape index (κ1) is 21.6. The van der Waals surface area contributed by atoms with Crippen LogP contribution < -0.4 is 10.2 Å². The Hall–Kier alpha value is -2.69. The number of nitrogens with zero attached hydrogens (tertiary/aromatic N) is 1. The molecule has 0 spiro atoms. The molecule has 1 N–H and O–H groups in total. The third-order valence-corrected chi connectivity index (χ3v) is 4.17. The Morgan fingerprint density at radius 2 is 1.68 bits per heavy atom. The highest BCUT2D eigenvalue weighted by atomic mass is 19.1. The number of hydrogen-bond acceptors (Lipinski definition) is 2. The first-order chi connectivity index (χ1) is 13.2. The zero-order valence-electron chi connectivity index (χ0n) is 17.0. The molecule has 0 aliphatic rings. The van der Waals surface area contributed by atoms with E-state index in [1.807, 2.05) is 52.0 Å². The Kier molecular flexibility index (Phi) is 7.73. The van der Waals surface area contributed by atoms with Crippen molar-refractivity contribution in [2.75, 3.05) is 4.90 Å². The van der Waals surface area contributed by atoms with E-state index in [2.05, 4.69) is 5.32 Å². The lowest BCUT2D eigenvalue weighted by Gasteiger charge is -2.24. The van der Waals surface area contributed by atoms with Crippen molar-refractivity contribution in [3.05, 3.63) is 65.5 Å². The zero-order valence-corrected chi connectivity index (χ0v) is 17.0. The summed E-state index contributed by atoms with van der Waals surface area (Å²) >= 11 is 0. The van der Waals surface area contributed by atoms with Crippen LogP contribution in [-0.4, -0.2) is 17.9 Å². The number of nitrogens with one attached hydrogen (secondary N) is 1. The third kappa shape index (κ3) is 6.80. The highest BCUT2D eigenvalue weighted by Gasteiger charge is 2.18. The Balaban J connectivity index is 2.26. The summed E-state index contributed by atoms with van der Waals surface area (Å²) in [6.07, 6.45) is 0.675. The Morgan fingerprint density at radius 3 is 2.29 bits per heavy atom. The number of carbonyl (C=O) groups excluding carboxylic acids is 2. The van der Waals surface area contributed by atoms with Crippen LogP contribution in [0.1, 0.15) is 45.2 Å². The fourth-order valence-electron chi connectivity index (χ4n) is 2.95. The molecule has 0 saturated carbocycles. The van der Waals surface area contributed by atoms with E-state index in [1.54, 1.807) is 17.0 Å². The van der Waals surface area contributed by atoms with Crippen LogP contribution in [0.5, 0.6) is 0 Å². The van der Waals surface area contributed by atoms with Crippen molar-refractivity contribution in [3.63, 3.8) is 0 Å². The number of benzene rings is 2. The molecule has 0 heterocycles. The summed E-state index contributed by atoms with van der Waals surface area (Å²) in [5.74, 6) is -0.126. The van der Waals surface area contributed by atoms with Gasteiger partial charge >= 0.3 is 0 Å². The average molecular weight is 384 g/mol. The second-order valence-corrected chi connectivity index (χ2v) is 7.77. The normalized spacial score (nSPS) is 11.0. The van der Waals surface area contributed by atoms with E-state index in [9.17, 15) is 14.0 Å². The molecule has 150 valence electrons. The molecule has 0 aliphatic carbocycles.